The molecule has 0 aromatic heterocycles. The lowest BCUT2D eigenvalue weighted by Crippen LogP contribution is -2.37. The summed E-state index contributed by atoms with van der Waals surface area (Å²) in [6.45, 7) is 2.18. The third-order valence-corrected chi connectivity index (χ3v) is 3.76. The normalized spacial score (nSPS) is 28.6. The predicted octanol–water partition coefficient (Wildman–Crippen LogP) is 1.04. The van der Waals surface area contributed by atoms with Crippen LogP contribution in [0.5, 0.6) is 0 Å². The van der Waals surface area contributed by atoms with E-state index in [0.717, 1.165) is 25.8 Å². The first kappa shape index (κ1) is 16.5. The quantitative estimate of drug-likeness (QED) is 0.562. The van der Waals surface area contributed by atoms with Crippen molar-refractivity contribution < 1.29 is 37.7 Å². The molecule has 1 rings (SSSR count). The number of hydrogen-bond acceptors (Lipinski definition) is 8. The summed E-state index contributed by atoms with van der Waals surface area (Å²) in [5, 5.41) is -0.683. The molecule has 7 nitrogen and oxygen atoms in total. The maximum absolute atomic E-state index is 14.1. The lowest BCUT2D eigenvalue weighted by atomic mass is 10.2. The minimum absolute atomic E-state index is 0.167. The van der Waals surface area contributed by atoms with Crippen molar-refractivity contribution in [3.63, 3.8) is 0 Å². The van der Waals surface area contributed by atoms with Crippen LogP contribution in [-0.4, -0.2) is 54.8 Å². The second-order valence-corrected chi connectivity index (χ2v) is 5.28. The number of alkyl halides is 1. The molecule has 0 saturated carbocycles. The maximum Gasteiger partial charge on any atom is 0.508 e. The standard InChI is InChI=1S/C11H15FO7S/c1-5(13)17-4-7-9(19-11(15)16-3)8(12)10(20-7)18-6(2)14/h7-10H,4H2,1-3H3/t7-,8+,9-,10?/m1/s1. The molecule has 0 amide bonds. The molecule has 20 heavy (non-hydrogen) atoms. The van der Waals surface area contributed by atoms with E-state index in [9.17, 15) is 18.8 Å². The van der Waals surface area contributed by atoms with E-state index in [2.05, 4.69) is 4.74 Å². The molecule has 1 fully saturated rings. The van der Waals surface area contributed by atoms with Crippen molar-refractivity contribution in [2.75, 3.05) is 13.7 Å². The average molecular weight is 310 g/mol. The summed E-state index contributed by atoms with van der Waals surface area (Å²) in [5.74, 6) is -1.20. The van der Waals surface area contributed by atoms with Crippen molar-refractivity contribution in [2.45, 2.75) is 36.8 Å². The van der Waals surface area contributed by atoms with Crippen LogP contribution < -0.4 is 0 Å². The van der Waals surface area contributed by atoms with Gasteiger partial charge in [0.1, 0.15) is 6.61 Å². The van der Waals surface area contributed by atoms with Crippen LogP contribution >= 0.6 is 11.8 Å². The van der Waals surface area contributed by atoms with Crippen LogP contribution in [0.2, 0.25) is 0 Å². The molecule has 1 unspecified atom stereocenters. The monoisotopic (exact) mass is 310 g/mol. The van der Waals surface area contributed by atoms with Crippen LogP contribution in [0.15, 0.2) is 0 Å². The summed E-state index contributed by atoms with van der Waals surface area (Å²) < 4.78 is 32.8. The zero-order valence-corrected chi connectivity index (χ0v) is 12.0. The van der Waals surface area contributed by atoms with E-state index in [0.29, 0.717) is 0 Å². The van der Waals surface area contributed by atoms with Gasteiger partial charge in [-0.25, -0.2) is 9.18 Å². The molecule has 0 aliphatic carbocycles. The van der Waals surface area contributed by atoms with Gasteiger partial charge >= 0.3 is 18.1 Å². The topological polar surface area (TPSA) is 88.1 Å². The van der Waals surface area contributed by atoms with Gasteiger partial charge in [0, 0.05) is 13.8 Å². The summed E-state index contributed by atoms with van der Waals surface area (Å²) in [4.78, 5) is 32.8. The molecule has 1 heterocycles. The van der Waals surface area contributed by atoms with Gasteiger partial charge < -0.3 is 18.9 Å². The molecule has 0 radical (unpaired) electrons. The Morgan fingerprint density at radius 3 is 2.30 bits per heavy atom. The number of halogens is 1. The number of carbonyl (C=O) groups excluding carboxylic acids is 3. The Bertz CT molecular complexity index is 389. The van der Waals surface area contributed by atoms with Gasteiger partial charge in [-0.05, 0) is 0 Å². The van der Waals surface area contributed by atoms with Crippen LogP contribution in [0, 0.1) is 0 Å². The molecule has 0 spiro atoms. The largest absolute Gasteiger partial charge is 0.508 e. The zero-order valence-electron chi connectivity index (χ0n) is 11.2. The molecular formula is C11H15FO7S. The highest BCUT2D eigenvalue weighted by Crippen LogP contribution is 2.39. The fourth-order valence-corrected chi connectivity index (χ4v) is 2.92. The lowest BCUT2D eigenvalue weighted by molar-refractivity contribution is -0.145. The summed E-state index contributed by atoms with van der Waals surface area (Å²) in [6.07, 6.45) is -4.02. The fraction of sp³-hybridized carbons (Fsp3) is 0.727. The molecule has 0 bridgehead atoms. The third-order valence-electron chi connectivity index (χ3n) is 2.38. The van der Waals surface area contributed by atoms with E-state index in [1.54, 1.807) is 0 Å². The first-order valence-electron chi connectivity index (χ1n) is 5.70. The highest BCUT2D eigenvalue weighted by molar-refractivity contribution is 8.00. The van der Waals surface area contributed by atoms with Gasteiger partial charge in [0.25, 0.3) is 0 Å². The summed E-state index contributed by atoms with van der Waals surface area (Å²) in [7, 11) is 1.09. The SMILES string of the molecule is COC(=O)O[C@H]1[C@H](F)C(OC(C)=O)S[C@@H]1COC(C)=O. The summed E-state index contributed by atoms with van der Waals surface area (Å²) >= 11 is 0.922. The second kappa shape index (κ2) is 7.32. The Labute approximate surface area is 119 Å². The van der Waals surface area contributed by atoms with E-state index >= 15 is 0 Å². The van der Waals surface area contributed by atoms with Gasteiger partial charge in [0.2, 0.25) is 0 Å². The maximum atomic E-state index is 14.1. The summed E-state index contributed by atoms with van der Waals surface area (Å²) in [6, 6.07) is 0. The van der Waals surface area contributed by atoms with Gasteiger partial charge in [-0.1, -0.05) is 0 Å². The molecule has 0 N–H and O–H groups in total. The van der Waals surface area contributed by atoms with Crippen LogP contribution in [0.3, 0.4) is 0 Å². The number of carbonyl (C=O) groups is 3. The predicted molar refractivity (Wildman–Crippen MR) is 65.7 cm³/mol. The Balaban J connectivity index is 2.73. The van der Waals surface area contributed by atoms with Crippen molar-refractivity contribution in [1.82, 2.24) is 0 Å². The molecule has 1 saturated heterocycles. The smallest absolute Gasteiger partial charge is 0.465 e. The Morgan fingerprint density at radius 1 is 1.15 bits per heavy atom. The highest BCUT2D eigenvalue weighted by atomic mass is 32.2. The van der Waals surface area contributed by atoms with E-state index in [1.165, 1.54) is 6.92 Å². The summed E-state index contributed by atoms with van der Waals surface area (Å²) in [5.41, 5.74) is -1.12. The Hall–Kier alpha value is -1.51. The van der Waals surface area contributed by atoms with Crippen molar-refractivity contribution in [3.8, 4) is 0 Å². The van der Waals surface area contributed by atoms with Crippen molar-refractivity contribution >= 4 is 29.9 Å². The fourth-order valence-electron chi connectivity index (χ4n) is 1.57. The Kier molecular flexibility index (Phi) is 6.05. The molecule has 9 heteroatoms. The lowest BCUT2D eigenvalue weighted by Gasteiger charge is -2.19. The van der Waals surface area contributed by atoms with Crippen LogP contribution in [0.1, 0.15) is 13.8 Å². The number of methoxy groups -OCH3 is 1. The highest BCUT2D eigenvalue weighted by Gasteiger charge is 2.49. The first-order chi connectivity index (χ1) is 9.35. The van der Waals surface area contributed by atoms with Crippen molar-refractivity contribution in [2.24, 2.45) is 0 Å². The molecule has 0 aromatic rings. The van der Waals surface area contributed by atoms with Crippen LogP contribution in [0.4, 0.5) is 9.18 Å². The minimum Gasteiger partial charge on any atom is -0.465 e. The van der Waals surface area contributed by atoms with E-state index in [1.807, 2.05) is 0 Å². The molecule has 114 valence electrons. The van der Waals surface area contributed by atoms with Gasteiger partial charge in [-0.3, -0.25) is 9.59 Å². The van der Waals surface area contributed by atoms with Gasteiger partial charge in [-0.2, -0.15) is 0 Å². The number of hydrogen-bond donors (Lipinski definition) is 0. The van der Waals surface area contributed by atoms with E-state index < -0.39 is 41.1 Å². The van der Waals surface area contributed by atoms with E-state index in [-0.39, 0.29) is 6.61 Å². The molecule has 0 aromatic carbocycles. The minimum atomic E-state index is -1.73. The van der Waals surface area contributed by atoms with Gasteiger partial charge in [0.05, 0.1) is 12.4 Å². The van der Waals surface area contributed by atoms with Crippen LogP contribution in [0.25, 0.3) is 0 Å². The van der Waals surface area contributed by atoms with E-state index in [4.69, 9.17) is 14.2 Å². The van der Waals surface area contributed by atoms with Crippen LogP contribution in [-0.2, 0) is 28.5 Å². The van der Waals surface area contributed by atoms with Gasteiger partial charge in [0.15, 0.2) is 17.7 Å². The molecule has 1 aliphatic rings. The Morgan fingerprint density at radius 2 is 1.80 bits per heavy atom. The number of thioether (sulfide) groups is 1. The molecular weight excluding hydrogens is 295 g/mol. The zero-order chi connectivity index (χ0) is 15.3. The van der Waals surface area contributed by atoms with Gasteiger partial charge in [-0.15, -0.1) is 11.8 Å². The average Bonchev–Trinajstić information content (AvgIpc) is 2.64. The number of rotatable bonds is 4. The third kappa shape index (κ3) is 4.55. The molecule has 4 atom stereocenters. The number of ether oxygens (including phenoxy) is 4. The first-order valence-corrected chi connectivity index (χ1v) is 6.64. The number of esters is 2. The van der Waals surface area contributed by atoms with Crippen molar-refractivity contribution in [1.29, 1.82) is 0 Å². The molecule has 1 aliphatic heterocycles. The van der Waals surface area contributed by atoms with Crippen molar-refractivity contribution in [3.05, 3.63) is 0 Å². The second-order valence-electron chi connectivity index (χ2n) is 3.94.